The van der Waals surface area contributed by atoms with Gasteiger partial charge in [0.2, 0.25) is 0 Å². The lowest BCUT2D eigenvalue weighted by molar-refractivity contribution is 0.655. The number of benzene rings is 11. The standard InChI is InChI=1S/C66H38N6O2P2/c1-5-19-39(20-6-1)67-45-29-17-31-47-61(45)75-63-50(36-38-53-55(63)71(47)43-27-13-15-33-51(43)73-53)70(42-25-11-4-12-26-42)60-58-66-59(57(67)65(60)75)69(41-23-9-3-10-24-41)49-35-37-54-56-64(49)76(66)62-46(68(58)40-21-7-2-8-22-40)30-18-32-48(62)72(56)44-28-14-16-34-52(44)74-54/h1-38H. The molecule has 354 valence electrons. The van der Waals surface area contributed by atoms with Gasteiger partial charge in [-0.2, -0.15) is 0 Å². The summed E-state index contributed by atoms with van der Waals surface area (Å²) in [4.78, 5) is 0. The summed E-state index contributed by atoms with van der Waals surface area (Å²) in [5.74, 6) is 0. The molecular weight excluding hydrogens is 971 g/mol. The predicted octanol–water partition coefficient (Wildman–Crippen LogP) is 18.9. The molecule has 0 fully saturated rings. The summed E-state index contributed by atoms with van der Waals surface area (Å²) < 4.78 is 29.6. The van der Waals surface area contributed by atoms with E-state index >= 15 is 0 Å². The van der Waals surface area contributed by atoms with Gasteiger partial charge in [-0.25, -0.2) is 0 Å². The molecular formula is C66H38N6O2P2. The summed E-state index contributed by atoms with van der Waals surface area (Å²) in [7, 11) is -2.58. The van der Waals surface area contributed by atoms with E-state index in [4.69, 9.17) is 8.83 Å². The van der Waals surface area contributed by atoms with Crippen LogP contribution in [-0.4, -0.2) is 27.1 Å². The first-order chi connectivity index (χ1) is 37.8. The SMILES string of the molecule is c1ccc(-n2c3cccc4c3p3c5c2c2c6c(c5n(-c5ccccc5)c5ccc7oc8ccccc8n4c7c53)n(-c3ccccc3)c3cccc4c3p6c3c(ccc5oc6ccccc6n4c53)n2-c2ccccc2)cc1. The highest BCUT2D eigenvalue weighted by Crippen LogP contribution is 2.64. The van der Waals surface area contributed by atoms with Crippen molar-refractivity contribution >= 4 is 145 Å². The summed E-state index contributed by atoms with van der Waals surface area (Å²) in [6, 6.07) is 84.7. The molecule has 0 saturated carbocycles. The molecule has 2 unspecified atom stereocenters. The molecule has 8 nitrogen and oxygen atoms in total. The Morgan fingerprint density at radius 3 is 0.882 bits per heavy atom. The Kier molecular flexibility index (Phi) is 7.44. The highest BCUT2D eigenvalue weighted by atomic mass is 31.1. The van der Waals surface area contributed by atoms with Gasteiger partial charge in [0.1, 0.15) is 11.0 Å². The van der Waals surface area contributed by atoms with Crippen molar-refractivity contribution in [2.24, 2.45) is 0 Å². The van der Waals surface area contributed by atoms with Crippen LogP contribution in [0.15, 0.2) is 239 Å². The van der Waals surface area contributed by atoms with Crippen LogP contribution in [0.5, 0.6) is 0 Å². The lowest BCUT2D eigenvalue weighted by Crippen LogP contribution is -2.13. The van der Waals surface area contributed by atoms with Crippen LogP contribution < -0.4 is 0 Å². The number of hydrogen-bond donors (Lipinski definition) is 0. The Morgan fingerprint density at radius 1 is 0.211 bits per heavy atom. The Bertz CT molecular complexity index is 5320. The van der Waals surface area contributed by atoms with Crippen molar-refractivity contribution in [1.82, 2.24) is 27.1 Å². The molecule has 2 atom stereocenters. The van der Waals surface area contributed by atoms with Gasteiger partial charge in [0, 0.05) is 33.0 Å². The minimum absolute atomic E-state index is 0.850. The quantitative estimate of drug-likeness (QED) is 0.130. The lowest BCUT2D eigenvalue weighted by Gasteiger charge is -2.33. The summed E-state index contributed by atoms with van der Waals surface area (Å²) in [5, 5.41) is 7.93. The third-order valence-electron chi connectivity index (χ3n) is 16.4. The molecule has 0 spiro atoms. The maximum absolute atomic E-state index is 7.04. The lowest BCUT2D eigenvalue weighted by atomic mass is 10.1. The van der Waals surface area contributed by atoms with E-state index in [1.807, 2.05) is 0 Å². The van der Waals surface area contributed by atoms with Crippen LogP contribution in [0.2, 0.25) is 0 Å². The van der Waals surface area contributed by atoms with Crippen molar-refractivity contribution < 1.29 is 8.83 Å². The highest BCUT2D eigenvalue weighted by Gasteiger charge is 2.34. The van der Waals surface area contributed by atoms with Gasteiger partial charge in [-0.3, -0.25) is 0 Å². The van der Waals surface area contributed by atoms with Crippen LogP contribution in [0.3, 0.4) is 0 Å². The number of rotatable bonds is 4. The molecule has 0 N–H and O–H groups in total. The molecule has 8 aromatic heterocycles. The topological polar surface area (TPSA) is 54.8 Å². The van der Waals surface area contributed by atoms with Crippen molar-refractivity contribution in [3.8, 4) is 22.7 Å². The van der Waals surface area contributed by atoms with Gasteiger partial charge < -0.3 is 35.9 Å². The number of aromatic nitrogens is 6. The third kappa shape index (κ3) is 4.72. The van der Waals surface area contributed by atoms with Crippen molar-refractivity contribution in [2.75, 3.05) is 0 Å². The number of fused-ring (bicyclic) bond motifs is 8. The van der Waals surface area contributed by atoms with Gasteiger partial charge in [0.15, 0.2) is 22.3 Å². The number of nitrogens with zero attached hydrogens (tertiary/aromatic N) is 6. The fraction of sp³-hybridized carbons (Fsp3) is 0. The van der Waals surface area contributed by atoms with E-state index in [0.29, 0.717) is 0 Å². The molecule has 76 heavy (non-hydrogen) atoms. The average molecular weight is 1010 g/mol. The zero-order valence-corrected chi connectivity index (χ0v) is 42.1. The summed E-state index contributed by atoms with van der Waals surface area (Å²) in [6.07, 6.45) is 0. The molecule has 10 heteroatoms. The largest absolute Gasteiger partial charge is 0.453 e. The molecule has 0 saturated heterocycles. The fourth-order valence-electron chi connectivity index (χ4n) is 13.6. The van der Waals surface area contributed by atoms with Crippen LogP contribution in [0, 0.1) is 0 Å². The van der Waals surface area contributed by atoms with Crippen molar-refractivity contribution in [3.05, 3.63) is 231 Å². The molecule has 0 aliphatic carbocycles. The van der Waals surface area contributed by atoms with E-state index in [1.165, 1.54) is 85.9 Å². The molecule has 0 aliphatic heterocycles. The van der Waals surface area contributed by atoms with Crippen LogP contribution in [0.4, 0.5) is 0 Å². The molecule has 0 amide bonds. The zero-order chi connectivity index (χ0) is 49.1. The molecule has 19 rings (SSSR count). The number of para-hydroxylation sites is 8. The van der Waals surface area contributed by atoms with E-state index in [-0.39, 0.29) is 0 Å². The molecule has 0 aliphatic rings. The minimum atomic E-state index is -1.29. The van der Waals surface area contributed by atoms with Crippen molar-refractivity contribution in [1.29, 1.82) is 0 Å². The van der Waals surface area contributed by atoms with E-state index in [1.54, 1.807) is 0 Å². The average Bonchev–Trinajstić information content (AvgIpc) is 3.57. The third-order valence-corrected chi connectivity index (χ3v) is 21.7. The van der Waals surface area contributed by atoms with Gasteiger partial charge in [0.25, 0.3) is 0 Å². The Morgan fingerprint density at radius 2 is 0.513 bits per heavy atom. The second-order valence-corrected chi connectivity index (χ2v) is 24.1. The second-order valence-electron chi connectivity index (χ2n) is 20.1. The van der Waals surface area contributed by atoms with E-state index in [2.05, 4.69) is 258 Å². The first kappa shape index (κ1) is 39.9. The normalized spacial score (nSPS) is 13.2. The maximum atomic E-state index is 7.04. The molecule has 11 aromatic carbocycles. The van der Waals surface area contributed by atoms with Crippen LogP contribution in [-0.2, 0) is 0 Å². The maximum Gasteiger partial charge on any atom is 0.152 e. The zero-order valence-electron chi connectivity index (χ0n) is 40.3. The van der Waals surface area contributed by atoms with E-state index in [0.717, 1.165) is 67.1 Å². The molecule has 0 radical (unpaired) electrons. The van der Waals surface area contributed by atoms with Crippen molar-refractivity contribution in [3.63, 3.8) is 0 Å². The van der Waals surface area contributed by atoms with Crippen molar-refractivity contribution in [2.45, 2.75) is 0 Å². The summed E-state index contributed by atoms with van der Waals surface area (Å²) >= 11 is 0. The van der Waals surface area contributed by atoms with E-state index in [9.17, 15) is 0 Å². The molecule has 0 bridgehead atoms. The predicted molar refractivity (Wildman–Crippen MR) is 317 cm³/mol. The van der Waals surface area contributed by atoms with Gasteiger partial charge in [-0.1, -0.05) is 124 Å². The number of hydrogen-bond acceptors (Lipinski definition) is 2. The van der Waals surface area contributed by atoms with E-state index < -0.39 is 14.7 Å². The Hall–Kier alpha value is -9.58. The van der Waals surface area contributed by atoms with Crippen LogP contribution >= 0.6 is 14.7 Å². The smallest absolute Gasteiger partial charge is 0.152 e. The minimum Gasteiger partial charge on any atom is -0.453 e. The fourth-order valence-corrected chi connectivity index (χ4v) is 19.9. The van der Waals surface area contributed by atoms with Gasteiger partial charge >= 0.3 is 0 Å². The summed E-state index contributed by atoms with van der Waals surface area (Å²) in [6.45, 7) is 0. The first-order valence-corrected chi connectivity index (χ1v) is 28.5. The highest BCUT2D eigenvalue weighted by molar-refractivity contribution is 7.65. The van der Waals surface area contributed by atoms with Crippen LogP contribution in [0.25, 0.3) is 153 Å². The monoisotopic (exact) mass is 1010 g/mol. The van der Waals surface area contributed by atoms with Gasteiger partial charge in [-0.15, -0.1) is 0 Å². The molecule has 19 aromatic rings. The van der Waals surface area contributed by atoms with Gasteiger partial charge in [0.05, 0.1) is 86.7 Å². The Labute approximate surface area is 431 Å². The van der Waals surface area contributed by atoms with Crippen LogP contribution in [0.1, 0.15) is 0 Å². The summed E-state index contributed by atoms with van der Waals surface area (Å²) in [5.41, 5.74) is 24.1. The second kappa shape index (κ2) is 14.2. The molecule has 8 heterocycles. The Balaban J connectivity index is 1.26. The first-order valence-electron chi connectivity index (χ1n) is 25.8. The van der Waals surface area contributed by atoms with Gasteiger partial charge in [-0.05, 0) is 121 Å².